The topological polar surface area (TPSA) is 54.6 Å². The summed E-state index contributed by atoms with van der Waals surface area (Å²) < 4.78 is 11.4. The van der Waals surface area contributed by atoms with Crippen molar-refractivity contribution in [1.82, 2.24) is 9.88 Å². The summed E-state index contributed by atoms with van der Waals surface area (Å²) in [5, 5.41) is 0. The van der Waals surface area contributed by atoms with Crippen molar-refractivity contribution in [3.05, 3.63) is 24.0 Å². The molecule has 1 amide bonds. The highest BCUT2D eigenvalue weighted by Crippen LogP contribution is 2.23. The van der Waals surface area contributed by atoms with Crippen LogP contribution in [-0.4, -0.2) is 40.8 Å². The van der Waals surface area contributed by atoms with Crippen molar-refractivity contribution in [3.63, 3.8) is 0 Å². The molecule has 0 aromatic carbocycles. The molecule has 0 unspecified atom stereocenters. The second kappa shape index (κ2) is 6.52. The summed E-state index contributed by atoms with van der Waals surface area (Å²) >= 11 is 0. The van der Waals surface area contributed by atoms with E-state index in [4.69, 9.17) is 9.47 Å². The predicted octanol–water partition coefficient (Wildman–Crippen LogP) is 3.49. The fourth-order valence-corrected chi connectivity index (χ4v) is 2.51. The van der Waals surface area contributed by atoms with Crippen molar-refractivity contribution in [2.24, 2.45) is 0 Å². The molecular weight excluding hydrogens is 268 g/mol. The highest BCUT2D eigenvalue weighted by atomic mass is 16.6. The molecule has 5 nitrogen and oxygen atoms in total. The molecule has 0 radical (unpaired) electrons. The van der Waals surface area contributed by atoms with Crippen LogP contribution < -0.4 is 0 Å². The lowest BCUT2D eigenvalue weighted by molar-refractivity contribution is -0.00241. The minimum Gasteiger partial charge on any atom is -0.444 e. The van der Waals surface area contributed by atoms with Gasteiger partial charge in [0.15, 0.2) is 0 Å². The number of carbonyl (C=O) groups is 1. The molecule has 1 N–H and O–H groups in total. The molecule has 0 aliphatic carbocycles. The lowest BCUT2D eigenvalue weighted by Crippen LogP contribution is -2.41. The van der Waals surface area contributed by atoms with Crippen LogP contribution in [0.5, 0.6) is 0 Å². The Hall–Kier alpha value is -1.49. The first-order chi connectivity index (χ1) is 9.87. The number of aromatic nitrogens is 1. The highest BCUT2D eigenvalue weighted by molar-refractivity contribution is 5.68. The van der Waals surface area contributed by atoms with Crippen molar-refractivity contribution in [2.75, 3.05) is 13.2 Å². The Kier molecular flexibility index (Phi) is 4.93. The summed E-state index contributed by atoms with van der Waals surface area (Å²) in [6, 6.07) is 4.07. The third kappa shape index (κ3) is 4.49. The minimum absolute atomic E-state index is 0.00101. The van der Waals surface area contributed by atoms with Gasteiger partial charge in [-0.15, -0.1) is 0 Å². The first kappa shape index (κ1) is 15.9. The van der Waals surface area contributed by atoms with E-state index >= 15 is 0 Å². The maximum atomic E-state index is 12.2. The minimum atomic E-state index is -0.456. The molecule has 21 heavy (non-hydrogen) atoms. The molecule has 1 fully saturated rings. The molecule has 1 aromatic rings. The van der Waals surface area contributed by atoms with Crippen molar-refractivity contribution in [3.8, 4) is 0 Å². The van der Waals surface area contributed by atoms with E-state index in [9.17, 15) is 4.79 Å². The molecule has 0 bridgehead atoms. The van der Waals surface area contributed by atoms with Gasteiger partial charge in [-0.2, -0.15) is 0 Å². The number of ether oxygens (including phenoxy) is 2. The fourth-order valence-electron chi connectivity index (χ4n) is 2.51. The summed E-state index contributed by atoms with van der Waals surface area (Å²) in [5.74, 6) is 0. The van der Waals surface area contributed by atoms with Crippen LogP contribution in [0, 0.1) is 0 Å². The Labute approximate surface area is 126 Å². The van der Waals surface area contributed by atoms with E-state index in [2.05, 4.69) is 4.98 Å². The zero-order valence-electron chi connectivity index (χ0n) is 13.4. The van der Waals surface area contributed by atoms with Crippen molar-refractivity contribution >= 4 is 6.09 Å². The number of nitrogens with one attached hydrogen (secondary N) is 1. The van der Waals surface area contributed by atoms with E-state index in [0.717, 1.165) is 25.1 Å². The Bertz CT molecular complexity index is 451. The number of nitrogens with zero attached hydrogens (tertiary/aromatic N) is 1. The molecule has 1 aliphatic rings. The number of H-pyrrole nitrogens is 1. The van der Waals surface area contributed by atoms with E-state index in [1.54, 1.807) is 4.90 Å². The van der Waals surface area contributed by atoms with E-state index in [-0.39, 0.29) is 18.2 Å². The Balaban J connectivity index is 1.86. The van der Waals surface area contributed by atoms with Crippen LogP contribution >= 0.6 is 0 Å². The van der Waals surface area contributed by atoms with Gasteiger partial charge in [0, 0.05) is 18.4 Å². The quantitative estimate of drug-likeness (QED) is 0.924. The first-order valence-corrected chi connectivity index (χ1v) is 7.61. The molecule has 2 heterocycles. The van der Waals surface area contributed by atoms with Gasteiger partial charge >= 0.3 is 6.09 Å². The third-order valence-corrected chi connectivity index (χ3v) is 3.60. The number of rotatable bonds is 4. The molecule has 1 saturated heterocycles. The standard InChI is InChI=1S/C16H26N2O3/c1-12(14-8-5-9-17-14)20-11-13-7-6-10-18(13)15(19)21-16(2,3)4/h5,8-9,12-13,17H,6-7,10-11H2,1-4H3/t12-,13+/m1/s1. The zero-order valence-corrected chi connectivity index (χ0v) is 13.4. The average Bonchev–Trinajstić information content (AvgIpc) is 3.04. The van der Waals surface area contributed by atoms with Crippen molar-refractivity contribution in [2.45, 2.75) is 58.3 Å². The molecule has 0 spiro atoms. The lowest BCUT2D eigenvalue weighted by Gasteiger charge is -2.29. The molecule has 118 valence electrons. The van der Waals surface area contributed by atoms with Crippen LogP contribution in [0.25, 0.3) is 0 Å². The summed E-state index contributed by atoms with van der Waals surface area (Å²) in [7, 11) is 0. The van der Waals surface area contributed by atoms with Crippen LogP contribution in [-0.2, 0) is 9.47 Å². The van der Waals surface area contributed by atoms with E-state index in [1.807, 2.05) is 46.0 Å². The van der Waals surface area contributed by atoms with E-state index in [0.29, 0.717) is 6.61 Å². The largest absolute Gasteiger partial charge is 0.444 e. The van der Waals surface area contributed by atoms with Gasteiger partial charge in [0.25, 0.3) is 0 Å². The zero-order chi connectivity index (χ0) is 15.5. The maximum absolute atomic E-state index is 12.2. The van der Waals surface area contributed by atoms with Gasteiger partial charge in [-0.1, -0.05) is 0 Å². The van der Waals surface area contributed by atoms with Gasteiger partial charge < -0.3 is 19.4 Å². The molecule has 1 aromatic heterocycles. The van der Waals surface area contributed by atoms with Crippen molar-refractivity contribution < 1.29 is 14.3 Å². The smallest absolute Gasteiger partial charge is 0.410 e. The Morgan fingerprint density at radius 1 is 1.52 bits per heavy atom. The van der Waals surface area contributed by atoms with Crippen LogP contribution in [0.15, 0.2) is 18.3 Å². The molecule has 2 atom stereocenters. The average molecular weight is 294 g/mol. The first-order valence-electron chi connectivity index (χ1n) is 7.61. The second-order valence-corrected chi connectivity index (χ2v) is 6.57. The molecular formula is C16H26N2O3. The van der Waals surface area contributed by atoms with Gasteiger partial charge in [-0.3, -0.25) is 0 Å². The predicted molar refractivity (Wildman–Crippen MR) is 81.1 cm³/mol. The normalized spacial score (nSPS) is 20.6. The number of carbonyl (C=O) groups excluding carboxylic acids is 1. The number of hydrogen-bond acceptors (Lipinski definition) is 3. The summed E-state index contributed by atoms with van der Waals surface area (Å²) in [5.41, 5.74) is 0.597. The third-order valence-electron chi connectivity index (χ3n) is 3.60. The fraction of sp³-hybridized carbons (Fsp3) is 0.688. The van der Waals surface area contributed by atoms with Crippen molar-refractivity contribution in [1.29, 1.82) is 0 Å². The van der Waals surface area contributed by atoms with Crippen LogP contribution in [0.4, 0.5) is 4.79 Å². The van der Waals surface area contributed by atoms with Gasteiger partial charge in [-0.25, -0.2) is 4.79 Å². The van der Waals surface area contributed by atoms with Crippen LogP contribution in [0.2, 0.25) is 0 Å². The molecule has 5 heteroatoms. The lowest BCUT2D eigenvalue weighted by atomic mass is 10.2. The molecule has 2 rings (SSSR count). The Morgan fingerprint density at radius 2 is 2.29 bits per heavy atom. The van der Waals surface area contributed by atoms with Gasteiger partial charge in [0.1, 0.15) is 5.60 Å². The highest BCUT2D eigenvalue weighted by Gasteiger charge is 2.32. The Morgan fingerprint density at radius 3 is 2.90 bits per heavy atom. The summed E-state index contributed by atoms with van der Waals surface area (Å²) in [6.07, 6.45) is 3.63. The SMILES string of the molecule is C[C@@H](OC[C@@H]1CCCN1C(=O)OC(C)(C)C)c1ccc[nH]1. The van der Waals surface area contributed by atoms with Crippen LogP contribution in [0.3, 0.4) is 0 Å². The molecule has 1 aliphatic heterocycles. The maximum Gasteiger partial charge on any atom is 0.410 e. The van der Waals surface area contributed by atoms with E-state index in [1.165, 1.54) is 0 Å². The van der Waals surface area contributed by atoms with E-state index < -0.39 is 5.60 Å². The summed E-state index contributed by atoms with van der Waals surface area (Å²) in [6.45, 7) is 8.97. The number of amides is 1. The summed E-state index contributed by atoms with van der Waals surface area (Å²) in [4.78, 5) is 17.1. The monoisotopic (exact) mass is 294 g/mol. The van der Waals surface area contributed by atoms with Gasteiger partial charge in [0.05, 0.1) is 18.8 Å². The number of aromatic amines is 1. The number of likely N-dealkylation sites (tertiary alicyclic amines) is 1. The van der Waals surface area contributed by atoms with Gasteiger partial charge in [-0.05, 0) is 52.7 Å². The second-order valence-electron chi connectivity index (χ2n) is 6.57. The van der Waals surface area contributed by atoms with Gasteiger partial charge in [0.2, 0.25) is 0 Å². The van der Waals surface area contributed by atoms with Crippen LogP contribution in [0.1, 0.15) is 52.3 Å². The molecule has 0 saturated carbocycles. The number of hydrogen-bond donors (Lipinski definition) is 1.